The van der Waals surface area contributed by atoms with E-state index < -0.39 is 6.10 Å². The fraction of sp³-hybridized carbons (Fsp3) is 0.200. The van der Waals surface area contributed by atoms with Gasteiger partial charge in [0.05, 0.1) is 16.0 Å². The molecule has 0 amide bonds. The molecule has 1 rings (SSSR count). The van der Waals surface area contributed by atoms with Gasteiger partial charge >= 0.3 is 0 Å². The quantitative estimate of drug-likeness (QED) is 0.345. The molecule has 124 valence electrons. The third-order valence-electron chi connectivity index (χ3n) is 2.72. The number of rotatable bonds is 7. The maximum Gasteiger partial charge on any atom is 0.124 e. The maximum atomic E-state index is 13.2. The SMILES string of the molecule is CCN=CC(=CN)C(O)/C(=C/C(=N)Br)Nc1ccc(F)cc1I. The van der Waals surface area contributed by atoms with Gasteiger partial charge in [0, 0.05) is 28.1 Å². The van der Waals surface area contributed by atoms with E-state index in [0.29, 0.717) is 27.1 Å². The molecule has 0 fully saturated rings. The first-order valence-corrected chi connectivity index (χ1v) is 8.53. The number of aliphatic hydroxyl groups excluding tert-OH is 1. The predicted octanol–water partition coefficient (Wildman–Crippen LogP) is 3.39. The van der Waals surface area contributed by atoms with Gasteiger partial charge in [-0.1, -0.05) is 0 Å². The van der Waals surface area contributed by atoms with E-state index in [1.807, 2.05) is 29.5 Å². The fourth-order valence-electron chi connectivity index (χ4n) is 1.65. The van der Waals surface area contributed by atoms with Gasteiger partial charge in [0.1, 0.15) is 11.9 Å². The van der Waals surface area contributed by atoms with Gasteiger partial charge in [-0.2, -0.15) is 0 Å². The molecule has 0 aliphatic heterocycles. The zero-order valence-corrected chi connectivity index (χ0v) is 16.1. The second-order valence-corrected chi connectivity index (χ2v) is 6.41. The number of hydrogen-bond donors (Lipinski definition) is 4. The molecule has 0 spiro atoms. The Kier molecular flexibility index (Phi) is 8.42. The normalized spacial score (nSPS) is 14.1. The predicted molar refractivity (Wildman–Crippen MR) is 105 cm³/mol. The molecule has 5 nitrogen and oxygen atoms in total. The molecule has 0 saturated carbocycles. The highest BCUT2D eigenvalue weighted by Crippen LogP contribution is 2.23. The Morgan fingerprint density at radius 2 is 2.30 bits per heavy atom. The minimum Gasteiger partial charge on any atom is -0.404 e. The molecule has 0 radical (unpaired) electrons. The minimum absolute atomic E-state index is 0.0694. The van der Waals surface area contributed by atoms with Crippen LogP contribution in [0.5, 0.6) is 0 Å². The van der Waals surface area contributed by atoms with E-state index in [2.05, 4.69) is 26.2 Å². The molecule has 0 heterocycles. The second kappa shape index (κ2) is 9.78. The van der Waals surface area contributed by atoms with Gasteiger partial charge < -0.3 is 16.2 Å². The van der Waals surface area contributed by atoms with Gasteiger partial charge in [-0.3, -0.25) is 10.4 Å². The Balaban J connectivity index is 3.14. The highest BCUT2D eigenvalue weighted by Gasteiger charge is 2.16. The number of halogens is 3. The van der Waals surface area contributed by atoms with Gasteiger partial charge in [-0.15, -0.1) is 0 Å². The number of nitrogens with one attached hydrogen (secondary N) is 2. The number of nitrogens with zero attached hydrogens (tertiary/aromatic N) is 1. The van der Waals surface area contributed by atoms with Crippen LogP contribution in [0.1, 0.15) is 6.92 Å². The molecule has 5 N–H and O–H groups in total. The van der Waals surface area contributed by atoms with Crippen LogP contribution in [0.25, 0.3) is 0 Å². The van der Waals surface area contributed by atoms with Crippen molar-refractivity contribution in [2.75, 3.05) is 11.9 Å². The molecule has 0 saturated heterocycles. The van der Waals surface area contributed by atoms with Crippen molar-refractivity contribution in [1.82, 2.24) is 0 Å². The average molecular weight is 495 g/mol. The Hall–Kier alpha value is -1.26. The average Bonchev–Trinajstić information content (AvgIpc) is 2.49. The molecule has 1 aromatic carbocycles. The van der Waals surface area contributed by atoms with Crippen molar-refractivity contribution in [3.05, 3.63) is 51.1 Å². The van der Waals surface area contributed by atoms with Crippen molar-refractivity contribution in [3.63, 3.8) is 0 Å². The highest BCUT2D eigenvalue weighted by molar-refractivity contribution is 14.1. The van der Waals surface area contributed by atoms with Gasteiger partial charge in [0.25, 0.3) is 0 Å². The number of benzene rings is 1. The van der Waals surface area contributed by atoms with Crippen molar-refractivity contribution >= 4 is 55.0 Å². The van der Waals surface area contributed by atoms with Crippen molar-refractivity contribution in [1.29, 1.82) is 5.41 Å². The summed E-state index contributed by atoms with van der Waals surface area (Å²) in [5.41, 5.74) is 6.85. The largest absolute Gasteiger partial charge is 0.404 e. The number of allylic oxidation sites excluding steroid dienone is 1. The zero-order chi connectivity index (χ0) is 17.4. The molecule has 1 atom stereocenters. The van der Waals surface area contributed by atoms with E-state index in [9.17, 15) is 9.50 Å². The van der Waals surface area contributed by atoms with Crippen molar-refractivity contribution in [3.8, 4) is 0 Å². The van der Waals surface area contributed by atoms with Gasteiger partial charge in [-0.05, 0) is 69.7 Å². The van der Waals surface area contributed by atoms with Crippen molar-refractivity contribution in [2.24, 2.45) is 10.7 Å². The third-order valence-corrected chi connectivity index (χ3v) is 3.84. The van der Waals surface area contributed by atoms with Crippen LogP contribution < -0.4 is 11.1 Å². The summed E-state index contributed by atoms with van der Waals surface area (Å²) in [4.78, 5) is 4.06. The van der Waals surface area contributed by atoms with E-state index in [-0.39, 0.29) is 10.4 Å². The van der Waals surface area contributed by atoms with Crippen LogP contribution in [0.3, 0.4) is 0 Å². The van der Waals surface area contributed by atoms with E-state index in [1.54, 1.807) is 6.07 Å². The summed E-state index contributed by atoms with van der Waals surface area (Å²) in [6.45, 7) is 2.42. The van der Waals surface area contributed by atoms with Crippen LogP contribution in [0.4, 0.5) is 10.1 Å². The van der Waals surface area contributed by atoms with Gasteiger partial charge in [-0.25, -0.2) is 4.39 Å². The molecule has 1 aromatic rings. The summed E-state index contributed by atoms with van der Waals surface area (Å²) < 4.78 is 13.9. The summed E-state index contributed by atoms with van der Waals surface area (Å²) in [7, 11) is 0. The molecule has 8 heteroatoms. The lowest BCUT2D eigenvalue weighted by atomic mass is 10.1. The number of aliphatic imine (C=N–C) groups is 1. The first-order valence-electron chi connectivity index (χ1n) is 6.66. The number of nitrogens with two attached hydrogens (primary N) is 1. The molecular weight excluding hydrogens is 478 g/mol. The molecule has 0 aliphatic rings. The second-order valence-electron chi connectivity index (χ2n) is 4.39. The summed E-state index contributed by atoms with van der Waals surface area (Å²) in [5.74, 6) is -0.350. The summed E-state index contributed by atoms with van der Waals surface area (Å²) in [6.07, 6.45) is 3.04. The summed E-state index contributed by atoms with van der Waals surface area (Å²) >= 11 is 5.00. The molecule has 1 unspecified atom stereocenters. The van der Waals surface area contributed by atoms with E-state index >= 15 is 0 Å². The number of hydrogen-bond acceptors (Lipinski definition) is 5. The van der Waals surface area contributed by atoms with E-state index in [0.717, 1.165) is 0 Å². The van der Waals surface area contributed by atoms with Crippen LogP contribution in [-0.4, -0.2) is 28.6 Å². The minimum atomic E-state index is -1.10. The Morgan fingerprint density at radius 3 is 2.83 bits per heavy atom. The third kappa shape index (κ3) is 6.40. The molecular formula is C15H17BrFIN4O. The van der Waals surface area contributed by atoms with Gasteiger partial charge in [0.15, 0.2) is 0 Å². The topological polar surface area (TPSA) is 94.5 Å². The van der Waals surface area contributed by atoms with Crippen LogP contribution in [0, 0.1) is 14.8 Å². The Morgan fingerprint density at radius 1 is 1.61 bits per heavy atom. The molecule has 0 aromatic heterocycles. The van der Waals surface area contributed by atoms with Gasteiger partial charge in [0.2, 0.25) is 0 Å². The smallest absolute Gasteiger partial charge is 0.124 e. The summed E-state index contributed by atoms with van der Waals surface area (Å²) in [5, 5.41) is 21.0. The van der Waals surface area contributed by atoms with Crippen LogP contribution in [0.15, 0.2) is 46.7 Å². The lowest BCUT2D eigenvalue weighted by Crippen LogP contribution is -2.22. The maximum absolute atomic E-state index is 13.2. The lowest BCUT2D eigenvalue weighted by molar-refractivity contribution is 0.254. The Labute approximate surface area is 156 Å². The lowest BCUT2D eigenvalue weighted by Gasteiger charge is -2.18. The van der Waals surface area contributed by atoms with Crippen LogP contribution in [0.2, 0.25) is 0 Å². The monoisotopic (exact) mass is 494 g/mol. The molecule has 0 aliphatic carbocycles. The van der Waals surface area contributed by atoms with Crippen LogP contribution >= 0.6 is 38.5 Å². The van der Waals surface area contributed by atoms with Crippen molar-refractivity contribution < 1.29 is 9.50 Å². The van der Waals surface area contributed by atoms with Crippen LogP contribution in [-0.2, 0) is 0 Å². The fourth-order valence-corrected chi connectivity index (χ4v) is 2.51. The Bertz CT molecular complexity index is 661. The first-order chi connectivity index (χ1) is 10.9. The number of aliphatic hydroxyl groups is 1. The van der Waals surface area contributed by atoms with E-state index in [1.165, 1.54) is 30.6 Å². The first kappa shape index (κ1) is 19.8. The number of anilines is 1. The molecule has 23 heavy (non-hydrogen) atoms. The summed E-state index contributed by atoms with van der Waals surface area (Å²) in [6, 6.07) is 4.23. The highest BCUT2D eigenvalue weighted by atomic mass is 127. The van der Waals surface area contributed by atoms with Crippen molar-refractivity contribution in [2.45, 2.75) is 13.0 Å². The zero-order valence-electron chi connectivity index (χ0n) is 12.4. The standard InChI is InChI=1S/C15H17BrFIN4O/c1-2-21-8-9(7-19)15(23)13(6-14(16)20)22-12-4-3-10(17)5-11(12)18/h3-8,15,20,22-23H,2,19H2,1H3/b9-7?,13-6-,20-14?,21-8?. The van der Waals surface area contributed by atoms with E-state index in [4.69, 9.17) is 11.1 Å². The molecule has 0 bridgehead atoms.